The predicted octanol–water partition coefficient (Wildman–Crippen LogP) is 0.407. The van der Waals surface area contributed by atoms with Gasteiger partial charge in [-0.2, -0.15) is 0 Å². The summed E-state index contributed by atoms with van der Waals surface area (Å²) in [5.41, 5.74) is 0. The minimum atomic E-state index is -0.878. The van der Waals surface area contributed by atoms with Crippen LogP contribution in [0.3, 0.4) is 0 Å². The first-order valence-electron chi connectivity index (χ1n) is 7.01. The predicted molar refractivity (Wildman–Crippen MR) is 73.2 cm³/mol. The van der Waals surface area contributed by atoms with E-state index in [0.29, 0.717) is 25.9 Å². The monoisotopic (exact) mass is 285 g/mol. The van der Waals surface area contributed by atoms with Gasteiger partial charge in [0.25, 0.3) is 0 Å². The lowest BCUT2D eigenvalue weighted by molar-refractivity contribution is -0.143. The molecule has 0 spiro atoms. The fraction of sp³-hybridized carbons (Fsp3) is 0.769. The van der Waals surface area contributed by atoms with Gasteiger partial charge in [-0.25, -0.2) is 4.79 Å². The maximum atomic E-state index is 12.0. The lowest BCUT2D eigenvalue weighted by atomic mass is 9.99. The van der Waals surface area contributed by atoms with Crippen LogP contribution in [0.15, 0.2) is 0 Å². The molecule has 1 rings (SSSR count). The van der Waals surface area contributed by atoms with Crippen LogP contribution in [0.25, 0.3) is 0 Å². The standard InChI is InChI=1S/C13H23N3O4/c1-3-6-14-11(17)9(2)15-13(20)16-7-4-5-10(8-16)12(18)19/h9-10H,3-8H2,1-2H3,(H,14,17)(H,15,20)(H,18,19)/t9?,10-/m0/s1. The van der Waals surface area contributed by atoms with Gasteiger partial charge in [0.2, 0.25) is 5.91 Å². The van der Waals surface area contributed by atoms with Crippen molar-refractivity contribution in [2.75, 3.05) is 19.6 Å². The van der Waals surface area contributed by atoms with E-state index >= 15 is 0 Å². The van der Waals surface area contributed by atoms with E-state index < -0.39 is 17.9 Å². The van der Waals surface area contributed by atoms with E-state index in [2.05, 4.69) is 10.6 Å². The first kappa shape index (κ1) is 16.3. The van der Waals surface area contributed by atoms with Crippen molar-refractivity contribution in [2.45, 2.75) is 39.2 Å². The summed E-state index contributed by atoms with van der Waals surface area (Å²) in [7, 11) is 0. The molecule has 3 N–H and O–H groups in total. The molecule has 1 aliphatic rings. The van der Waals surface area contributed by atoms with Crippen LogP contribution in [0.1, 0.15) is 33.1 Å². The number of carbonyl (C=O) groups is 3. The molecule has 20 heavy (non-hydrogen) atoms. The van der Waals surface area contributed by atoms with Gasteiger partial charge < -0.3 is 20.6 Å². The highest BCUT2D eigenvalue weighted by Gasteiger charge is 2.29. The molecule has 0 bridgehead atoms. The molecule has 0 aromatic heterocycles. The average Bonchev–Trinajstić information content (AvgIpc) is 2.44. The lowest BCUT2D eigenvalue weighted by Crippen LogP contribution is -2.52. The van der Waals surface area contributed by atoms with Crippen LogP contribution < -0.4 is 10.6 Å². The smallest absolute Gasteiger partial charge is 0.318 e. The number of amides is 3. The molecule has 1 unspecified atom stereocenters. The van der Waals surface area contributed by atoms with E-state index in [1.807, 2.05) is 6.92 Å². The second-order valence-corrected chi connectivity index (χ2v) is 5.09. The molecular weight excluding hydrogens is 262 g/mol. The minimum Gasteiger partial charge on any atom is -0.481 e. The van der Waals surface area contributed by atoms with Gasteiger partial charge in [-0.05, 0) is 26.2 Å². The molecule has 7 nitrogen and oxygen atoms in total. The van der Waals surface area contributed by atoms with Crippen LogP contribution >= 0.6 is 0 Å². The number of urea groups is 1. The number of carboxylic acids is 1. The molecule has 0 aliphatic carbocycles. The van der Waals surface area contributed by atoms with Crippen LogP contribution in [-0.2, 0) is 9.59 Å². The largest absolute Gasteiger partial charge is 0.481 e. The van der Waals surface area contributed by atoms with Gasteiger partial charge in [0.1, 0.15) is 6.04 Å². The average molecular weight is 285 g/mol. The topological polar surface area (TPSA) is 98.7 Å². The number of nitrogens with zero attached hydrogens (tertiary/aromatic N) is 1. The van der Waals surface area contributed by atoms with Crippen molar-refractivity contribution >= 4 is 17.9 Å². The van der Waals surface area contributed by atoms with Crippen LogP contribution in [0.5, 0.6) is 0 Å². The number of aliphatic carboxylic acids is 1. The van der Waals surface area contributed by atoms with Gasteiger partial charge in [0, 0.05) is 19.6 Å². The summed E-state index contributed by atoms with van der Waals surface area (Å²) >= 11 is 0. The maximum absolute atomic E-state index is 12.0. The molecule has 0 saturated carbocycles. The SMILES string of the molecule is CCCNC(=O)C(C)NC(=O)N1CCC[C@H](C(=O)O)C1. The Balaban J connectivity index is 2.45. The Morgan fingerprint density at radius 2 is 2.10 bits per heavy atom. The number of hydrogen-bond donors (Lipinski definition) is 3. The van der Waals surface area contributed by atoms with Crippen molar-refractivity contribution in [3.05, 3.63) is 0 Å². The molecule has 114 valence electrons. The van der Waals surface area contributed by atoms with Gasteiger partial charge in [-0.1, -0.05) is 6.92 Å². The lowest BCUT2D eigenvalue weighted by Gasteiger charge is -2.31. The number of carboxylic acid groups (broad SMARTS) is 1. The first-order chi connectivity index (χ1) is 9.45. The Morgan fingerprint density at radius 1 is 1.40 bits per heavy atom. The number of likely N-dealkylation sites (tertiary alicyclic amines) is 1. The van der Waals surface area contributed by atoms with Gasteiger partial charge in [0.05, 0.1) is 5.92 Å². The van der Waals surface area contributed by atoms with Crippen LogP contribution in [-0.4, -0.2) is 53.6 Å². The Hall–Kier alpha value is -1.79. The zero-order valence-corrected chi connectivity index (χ0v) is 12.0. The van der Waals surface area contributed by atoms with Crippen molar-refractivity contribution < 1.29 is 19.5 Å². The zero-order valence-electron chi connectivity index (χ0n) is 12.0. The van der Waals surface area contributed by atoms with Crippen LogP contribution in [0.2, 0.25) is 0 Å². The minimum absolute atomic E-state index is 0.199. The number of rotatable bonds is 5. The second-order valence-electron chi connectivity index (χ2n) is 5.09. The summed E-state index contributed by atoms with van der Waals surface area (Å²) in [6.45, 7) is 4.86. The molecule has 1 saturated heterocycles. The number of carbonyl (C=O) groups excluding carboxylic acids is 2. The molecule has 3 amide bonds. The third-order valence-corrected chi connectivity index (χ3v) is 3.34. The maximum Gasteiger partial charge on any atom is 0.318 e. The van der Waals surface area contributed by atoms with Crippen LogP contribution in [0.4, 0.5) is 4.79 Å². The quantitative estimate of drug-likeness (QED) is 0.681. The number of piperidine rings is 1. The van der Waals surface area contributed by atoms with Gasteiger partial charge in [-0.3, -0.25) is 9.59 Å². The van der Waals surface area contributed by atoms with Gasteiger partial charge in [0.15, 0.2) is 0 Å². The summed E-state index contributed by atoms with van der Waals surface area (Å²) in [5.74, 6) is -1.62. The molecule has 1 aliphatic heterocycles. The van der Waals surface area contributed by atoms with Crippen LogP contribution in [0, 0.1) is 5.92 Å². The highest BCUT2D eigenvalue weighted by Crippen LogP contribution is 2.16. The molecule has 2 atom stereocenters. The van der Waals surface area contributed by atoms with Crippen molar-refractivity contribution in [3.8, 4) is 0 Å². The number of hydrogen-bond acceptors (Lipinski definition) is 3. The molecule has 1 heterocycles. The van der Waals surface area contributed by atoms with Crippen molar-refractivity contribution in [1.82, 2.24) is 15.5 Å². The third-order valence-electron chi connectivity index (χ3n) is 3.34. The highest BCUT2D eigenvalue weighted by molar-refractivity contribution is 5.86. The van der Waals surface area contributed by atoms with E-state index in [4.69, 9.17) is 5.11 Å². The van der Waals surface area contributed by atoms with E-state index in [-0.39, 0.29) is 18.5 Å². The molecule has 0 radical (unpaired) electrons. The summed E-state index contributed by atoms with van der Waals surface area (Å²) in [5, 5.41) is 14.3. The first-order valence-corrected chi connectivity index (χ1v) is 7.01. The molecule has 7 heteroatoms. The Kier molecular flexibility index (Phi) is 6.27. The molecular formula is C13H23N3O4. The fourth-order valence-electron chi connectivity index (χ4n) is 2.11. The molecule has 0 aromatic rings. The summed E-state index contributed by atoms with van der Waals surface area (Å²) in [6, 6.07) is -1.01. The zero-order chi connectivity index (χ0) is 15.1. The third kappa shape index (κ3) is 4.71. The van der Waals surface area contributed by atoms with E-state index in [0.717, 1.165) is 6.42 Å². The van der Waals surface area contributed by atoms with Gasteiger partial charge in [-0.15, -0.1) is 0 Å². The molecule has 0 aromatic carbocycles. The molecule has 1 fully saturated rings. The fourth-order valence-corrected chi connectivity index (χ4v) is 2.11. The van der Waals surface area contributed by atoms with E-state index in [1.54, 1.807) is 6.92 Å². The Bertz CT molecular complexity index is 373. The van der Waals surface area contributed by atoms with Crippen molar-refractivity contribution in [3.63, 3.8) is 0 Å². The second kappa shape index (κ2) is 7.72. The van der Waals surface area contributed by atoms with Crippen molar-refractivity contribution in [2.24, 2.45) is 5.92 Å². The summed E-state index contributed by atoms with van der Waals surface area (Å²) < 4.78 is 0. The number of nitrogens with one attached hydrogen (secondary N) is 2. The van der Waals surface area contributed by atoms with Gasteiger partial charge >= 0.3 is 12.0 Å². The summed E-state index contributed by atoms with van der Waals surface area (Å²) in [6.07, 6.45) is 2.09. The van der Waals surface area contributed by atoms with Crippen molar-refractivity contribution in [1.29, 1.82) is 0 Å². The van der Waals surface area contributed by atoms with E-state index in [9.17, 15) is 14.4 Å². The summed E-state index contributed by atoms with van der Waals surface area (Å²) in [4.78, 5) is 36.1. The normalized spacial score (nSPS) is 20.1. The highest BCUT2D eigenvalue weighted by atomic mass is 16.4. The van der Waals surface area contributed by atoms with E-state index in [1.165, 1.54) is 4.90 Å². The Morgan fingerprint density at radius 3 is 2.70 bits per heavy atom. The Labute approximate surface area is 118 Å².